The van der Waals surface area contributed by atoms with Crippen LogP contribution < -0.4 is 5.32 Å². The second kappa shape index (κ2) is 6.15. The first-order chi connectivity index (χ1) is 9.42. The number of anilines is 1. The van der Waals surface area contributed by atoms with Gasteiger partial charge in [0.25, 0.3) is 0 Å². The third-order valence-corrected chi connectivity index (χ3v) is 4.83. The van der Waals surface area contributed by atoms with E-state index in [1.54, 1.807) is 6.20 Å². The zero-order valence-corrected chi connectivity index (χ0v) is 11.7. The lowest BCUT2D eigenvalue weighted by molar-refractivity contribution is 0.511. The van der Waals surface area contributed by atoms with Gasteiger partial charge >= 0.3 is 0 Å². The largest absolute Gasteiger partial charge is 0.447 e. The Morgan fingerprint density at radius 1 is 1.26 bits per heavy atom. The van der Waals surface area contributed by atoms with Crippen molar-refractivity contribution in [1.82, 2.24) is 4.98 Å². The molecule has 0 amide bonds. The molecule has 4 heteroatoms. The highest BCUT2D eigenvalue weighted by Crippen LogP contribution is 2.38. The van der Waals surface area contributed by atoms with Crippen molar-refractivity contribution in [2.75, 3.05) is 5.32 Å². The van der Waals surface area contributed by atoms with Crippen LogP contribution in [-0.2, 0) is 6.54 Å². The lowest BCUT2D eigenvalue weighted by Gasteiger charge is -2.14. The van der Waals surface area contributed by atoms with Crippen LogP contribution in [0.15, 0.2) is 46.2 Å². The van der Waals surface area contributed by atoms with Gasteiger partial charge in [0.05, 0.1) is 12.7 Å². The fraction of sp³-hybridized carbons (Fsp3) is 0.400. The molecule has 1 fully saturated rings. The Morgan fingerprint density at radius 2 is 2.11 bits per heavy atom. The standard InChI is InChI=1S/C15H18N2OS/c1-2-6-13(5-1)19-15-8-4-3-7-14(15)17-10-12-9-16-11-18-12/h3-4,7-9,11,13,17H,1-2,5-6,10H2. The summed E-state index contributed by atoms with van der Waals surface area (Å²) in [7, 11) is 0. The number of para-hydroxylation sites is 1. The summed E-state index contributed by atoms with van der Waals surface area (Å²) in [5, 5.41) is 4.22. The van der Waals surface area contributed by atoms with E-state index in [-0.39, 0.29) is 0 Å². The average molecular weight is 274 g/mol. The van der Waals surface area contributed by atoms with Gasteiger partial charge in [-0.3, -0.25) is 0 Å². The van der Waals surface area contributed by atoms with E-state index in [0.29, 0.717) is 6.54 Å². The van der Waals surface area contributed by atoms with Crippen LogP contribution in [0.3, 0.4) is 0 Å². The van der Waals surface area contributed by atoms with Gasteiger partial charge in [0.15, 0.2) is 6.39 Å². The normalized spacial score (nSPS) is 15.8. The summed E-state index contributed by atoms with van der Waals surface area (Å²) in [5.41, 5.74) is 1.19. The van der Waals surface area contributed by atoms with E-state index in [2.05, 4.69) is 34.6 Å². The van der Waals surface area contributed by atoms with Gasteiger partial charge in [-0.05, 0) is 25.0 Å². The predicted molar refractivity (Wildman–Crippen MR) is 78.4 cm³/mol. The summed E-state index contributed by atoms with van der Waals surface area (Å²) in [6.07, 6.45) is 8.68. The minimum atomic E-state index is 0.683. The Balaban J connectivity index is 1.66. The van der Waals surface area contributed by atoms with E-state index in [9.17, 15) is 0 Å². The minimum Gasteiger partial charge on any atom is -0.447 e. The maximum Gasteiger partial charge on any atom is 0.180 e. The molecule has 1 aliphatic rings. The van der Waals surface area contributed by atoms with Gasteiger partial charge in [0.2, 0.25) is 0 Å². The van der Waals surface area contributed by atoms with Gasteiger partial charge in [0, 0.05) is 15.8 Å². The highest BCUT2D eigenvalue weighted by atomic mass is 32.2. The Hall–Kier alpha value is -1.42. The molecule has 2 aromatic rings. The predicted octanol–water partition coefficient (Wildman–Crippen LogP) is 4.32. The summed E-state index contributed by atoms with van der Waals surface area (Å²) < 4.78 is 5.25. The molecule has 1 N–H and O–H groups in total. The third kappa shape index (κ3) is 3.32. The monoisotopic (exact) mass is 274 g/mol. The van der Waals surface area contributed by atoms with Crippen molar-refractivity contribution in [2.45, 2.75) is 42.4 Å². The molecule has 100 valence electrons. The van der Waals surface area contributed by atoms with Crippen LogP contribution in [0.2, 0.25) is 0 Å². The van der Waals surface area contributed by atoms with Gasteiger partial charge in [-0.15, -0.1) is 11.8 Å². The number of benzene rings is 1. The zero-order chi connectivity index (χ0) is 12.9. The molecule has 3 rings (SSSR count). The van der Waals surface area contributed by atoms with Gasteiger partial charge in [-0.1, -0.05) is 25.0 Å². The number of aromatic nitrogens is 1. The first-order valence-corrected chi connectivity index (χ1v) is 7.67. The molecule has 0 spiro atoms. The van der Waals surface area contributed by atoms with E-state index < -0.39 is 0 Å². The Bertz CT molecular complexity index is 507. The first-order valence-electron chi connectivity index (χ1n) is 6.79. The second-order valence-electron chi connectivity index (χ2n) is 4.84. The van der Waals surface area contributed by atoms with Crippen molar-refractivity contribution in [3.05, 3.63) is 42.6 Å². The molecule has 3 nitrogen and oxygen atoms in total. The van der Waals surface area contributed by atoms with Crippen LogP contribution in [0.1, 0.15) is 31.4 Å². The molecule has 0 aliphatic heterocycles. The molecule has 19 heavy (non-hydrogen) atoms. The molecular weight excluding hydrogens is 256 g/mol. The molecule has 0 atom stereocenters. The lowest BCUT2D eigenvalue weighted by atomic mass is 10.3. The number of thioether (sulfide) groups is 1. The van der Waals surface area contributed by atoms with Crippen LogP contribution in [0, 0.1) is 0 Å². The minimum absolute atomic E-state index is 0.683. The molecule has 1 aromatic carbocycles. The Morgan fingerprint density at radius 3 is 2.89 bits per heavy atom. The summed E-state index contributed by atoms with van der Waals surface area (Å²) in [6.45, 7) is 0.683. The second-order valence-corrected chi connectivity index (χ2v) is 6.18. The Kier molecular flexibility index (Phi) is 4.08. The first kappa shape index (κ1) is 12.6. The van der Waals surface area contributed by atoms with E-state index >= 15 is 0 Å². The number of nitrogens with one attached hydrogen (secondary N) is 1. The van der Waals surface area contributed by atoms with E-state index in [1.807, 2.05) is 11.8 Å². The van der Waals surface area contributed by atoms with E-state index in [0.717, 1.165) is 11.0 Å². The molecule has 1 saturated carbocycles. The maximum absolute atomic E-state index is 5.25. The fourth-order valence-corrected chi connectivity index (χ4v) is 3.77. The summed E-state index contributed by atoms with van der Waals surface area (Å²) in [4.78, 5) is 5.27. The van der Waals surface area contributed by atoms with Gasteiger partial charge in [0.1, 0.15) is 5.76 Å². The van der Waals surface area contributed by atoms with Gasteiger partial charge < -0.3 is 9.73 Å². The van der Waals surface area contributed by atoms with Crippen molar-refractivity contribution in [2.24, 2.45) is 0 Å². The van der Waals surface area contributed by atoms with Crippen LogP contribution in [0.25, 0.3) is 0 Å². The van der Waals surface area contributed by atoms with Crippen molar-refractivity contribution in [1.29, 1.82) is 0 Å². The molecule has 1 aromatic heterocycles. The number of oxazole rings is 1. The van der Waals surface area contributed by atoms with Crippen LogP contribution in [0.5, 0.6) is 0 Å². The van der Waals surface area contributed by atoms with Crippen LogP contribution in [-0.4, -0.2) is 10.2 Å². The highest BCUT2D eigenvalue weighted by molar-refractivity contribution is 8.00. The fourth-order valence-electron chi connectivity index (χ4n) is 2.41. The SMILES string of the molecule is c1ccc(SC2CCCC2)c(NCc2cnco2)c1. The van der Waals surface area contributed by atoms with Crippen molar-refractivity contribution in [3.8, 4) is 0 Å². The van der Waals surface area contributed by atoms with Crippen molar-refractivity contribution < 1.29 is 4.42 Å². The zero-order valence-electron chi connectivity index (χ0n) is 10.8. The summed E-state index contributed by atoms with van der Waals surface area (Å²) >= 11 is 2.01. The summed E-state index contributed by atoms with van der Waals surface area (Å²) in [6, 6.07) is 8.51. The molecule has 0 saturated heterocycles. The Labute approximate surface area is 117 Å². The van der Waals surface area contributed by atoms with Crippen LogP contribution >= 0.6 is 11.8 Å². The van der Waals surface area contributed by atoms with E-state index in [1.165, 1.54) is 42.7 Å². The number of hydrogen-bond donors (Lipinski definition) is 1. The maximum atomic E-state index is 5.25. The lowest BCUT2D eigenvalue weighted by Crippen LogP contribution is -2.01. The van der Waals surface area contributed by atoms with Crippen molar-refractivity contribution in [3.63, 3.8) is 0 Å². The topological polar surface area (TPSA) is 38.1 Å². The molecular formula is C15H18N2OS. The smallest absolute Gasteiger partial charge is 0.180 e. The molecule has 0 bridgehead atoms. The molecule has 1 aliphatic carbocycles. The number of rotatable bonds is 5. The van der Waals surface area contributed by atoms with Crippen molar-refractivity contribution >= 4 is 17.4 Å². The summed E-state index contributed by atoms with van der Waals surface area (Å²) in [5.74, 6) is 0.862. The van der Waals surface area contributed by atoms with Crippen LogP contribution in [0.4, 0.5) is 5.69 Å². The third-order valence-electron chi connectivity index (χ3n) is 3.42. The molecule has 0 radical (unpaired) electrons. The molecule has 0 unspecified atom stereocenters. The highest BCUT2D eigenvalue weighted by Gasteiger charge is 2.17. The average Bonchev–Trinajstić information content (AvgIpc) is 3.10. The van der Waals surface area contributed by atoms with E-state index in [4.69, 9.17) is 4.42 Å². The number of hydrogen-bond acceptors (Lipinski definition) is 4. The van der Waals surface area contributed by atoms with Gasteiger partial charge in [-0.25, -0.2) is 4.98 Å². The number of nitrogens with zero attached hydrogens (tertiary/aromatic N) is 1. The van der Waals surface area contributed by atoms with Gasteiger partial charge in [-0.2, -0.15) is 0 Å². The molecule has 1 heterocycles. The quantitative estimate of drug-likeness (QED) is 0.881.